The molecule has 4 aromatic rings. The second-order valence-electron chi connectivity index (χ2n) is 7.73. The molecule has 0 fully saturated rings. The van der Waals surface area contributed by atoms with E-state index in [-0.39, 0.29) is 18.4 Å². The van der Waals surface area contributed by atoms with Gasteiger partial charge >= 0.3 is 0 Å². The van der Waals surface area contributed by atoms with Gasteiger partial charge in [-0.2, -0.15) is 0 Å². The number of hydrogen-bond acceptors (Lipinski definition) is 4. The lowest BCUT2D eigenvalue weighted by molar-refractivity contribution is -0.123. The molecule has 0 radical (unpaired) electrons. The van der Waals surface area contributed by atoms with E-state index in [1.54, 1.807) is 11.0 Å². The second kappa shape index (κ2) is 7.85. The zero-order valence-corrected chi connectivity index (χ0v) is 17.8. The number of anilines is 2. The van der Waals surface area contributed by atoms with E-state index in [0.29, 0.717) is 17.1 Å². The number of rotatable bonds is 3. The molecule has 32 heavy (non-hydrogen) atoms. The Morgan fingerprint density at radius 2 is 1.78 bits per heavy atom. The third kappa shape index (κ3) is 3.47. The van der Waals surface area contributed by atoms with Crippen molar-refractivity contribution >= 4 is 34.2 Å². The zero-order valence-electron chi connectivity index (χ0n) is 17.8. The molecule has 1 aliphatic heterocycles. The van der Waals surface area contributed by atoms with Crippen LogP contribution in [0.5, 0.6) is 5.75 Å². The number of ether oxygens (including phenoxy) is 1. The number of imidazole rings is 1. The average molecular weight is 426 g/mol. The van der Waals surface area contributed by atoms with E-state index >= 15 is 0 Å². The predicted molar refractivity (Wildman–Crippen MR) is 123 cm³/mol. The van der Waals surface area contributed by atoms with Crippen molar-refractivity contribution in [2.75, 3.05) is 16.8 Å². The molecule has 7 nitrogen and oxygen atoms in total. The highest BCUT2D eigenvalue weighted by molar-refractivity contribution is 6.00. The van der Waals surface area contributed by atoms with Crippen molar-refractivity contribution in [1.82, 2.24) is 9.55 Å². The summed E-state index contributed by atoms with van der Waals surface area (Å²) in [6.07, 6.45) is -0.812. The molecule has 0 spiro atoms. The van der Waals surface area contributed by atoms with Crippen molar-refractivity contribution in [3.8, 4) is 11.4 Å². The quantitative estimate of drug-likeness (QED) is 0.535. The first kappa shape index (κ1) is 19.8. The maximum absolute atomic E-state index is 13.0. The van der Waals surface area contributed by atoms with Crippen LogP contribution < -0.4 is 15.0 Å². The fraction of sp³-hybridized carbons (Fsp3) is 0.160. The number of nitrogens with zero attached hydrogens (tertiary/aromatic N) is 3. The second-order valence-corrected chi connectivity index (χ2v) is 7.73. The van der Waals surface area contributed by atoms with Crippen LogP contribution >= 0.6 is 0 Å². The average Bonchev–Trinajstić information content (AvgIpc) is 3.13. The topological polar surface area (TPSA) is 76.5 Å². The van der Waals surface area contributed by atoms with E-state index in [0.717, 1.165) is 22.5 Å². The van der Waals surface area contributed by atoms with Crippen molar-refractivity contribution in [2.24, 2.45) is 0 Å². The Morgan fingerprint density at radius 3 is 2.56 bits per heavy atom. The van der Waals surface area contributed by atoms with Gasteiger partial charge in [-0.15, -0.1) is 0 Å². The Labute approximate surface area is 185 Å². The highest BCUT2D eigenvalue weighted by Crippen LogP contribution is 2.33. The Hall–Kier alpha value is -4.13. The minimum absolute atomic E-state index is 0.137. The molecule has 0 saturated carbocycles. The molecule has 2 heterocycles. The highest BCUT2D eigenvalue weighted by atomic mass is 16.5. The monoisotopic (exact) mass is 426 g/mol. The van der Waals surface area contributed by atoms with Crippen molar-refractivity contribution in [3.05, 3.63) is 78.6 Å². The molecule has 1 atom stereocenters. The van der Waals surface area contributed by atoms with E-state index in [1.807, 2.05) is 73.7 Å². The molecule has 3 aromatic carbocycles. The molecule has 0 aliphatic carbocycles. The summed E-state index contributed by atoms with van der Waals surface area (Å²) in [5.74, 6) is 0.923. The van der Waals surface area contributed by atoms with E-state index in [1.165, 1.54) is 6.92 Å². The number of amides is 2. The predicted octanol–water partition coefficient (Wildman–Crippen LogP) is 4.09. The van der Waals surface area contributed by atoms with Crippen LogP contribution in [0.15, 0.2) is 72.8 Å². The van der Waals surface area contributed by atoms with Gasteiger partial charge in [0, 0.05) is 18.3 Å². The van der Waals surface area contributed by atoms with Crippen molar-refractivity contribution in [3.63, 3.8) is 0 Å². The minimum Gasteiger partial charge on any atom is -0.476 e. The SMILES string of the molecule is CC(=O)N1C[C@H](C(=O)Nc2ccc3c(c2)nc(C)n3-c2ccccc2)Oc2ccccc21. The van der Waals surface area contributed by atoms with Gasteiger partial charge in [0.05, 0.1) is 23.3 Å². The molecule has 1 aromatic heterocycles. The first-order chi connectivity index (χ1) is 15.5. The molecule has 5 rings (SSSR count). The number of hydrogen-bond donors (Lipinski definition) is 1. The molecule has 2 amide bonds. The maximum atomic E-state index is 13.0. The van der Waals surface area contributed by atoms with Gasteiger partial charge < -0.3 is 15.0 Å². The Kier molecular flexibility index (Phi) is 4.86. The Morgan fingerprint density at radius 1 is 1.03 bits per heavy atom. The Balaban J connectivity index is 1.40. The highest BCUT2D eigenvalue weighted by Gasteiger charge is 2.32. The van der Waals surface area contributed by atoms with Gasteiger partial charge in [0.1, 0.15) is 11.6 Å². The van der Waals surface area contributed by atoms with Crippen LogP contribution in [-0.4, -0.2) is 34.0 Å². The molecular weight excluding hydrogens is 404 g/mol. The van der Waals surface area contributed by atoms with Gasteiger partial charge in [0.25, 0.3) is 5.91 Å². The van der Waals surface area contributed by atoms with Gasteiger partial charge in [-0.1, -0.05) is 30.3 Å². The number of fused-ring (bicyclic) bond motifs is 2. The summed E-state index contributed by atoms with van der Waals surface area (Å²) in [6.45, 7) is 3.59. The summed E-state index contributed by atoms with van der Waals surface area (Å²) >= 11 is 0. The molecule has 1 aliphatic rings. The van der Waals surface area contributed by atoms with E-state index < -0.39 is 6.10 Å². The number of aromatic nitrogens is 2. The molecule has 1 N–H and O–H groups in total. The van der Waals surface area contributed by atoms with Crippen molar-refractivity contribution in [1.29, 1.82) is 0 Å². The van der Waals surface area contributed by atoms with E-state index in [4.69, 9.17) is 4.74 Å². The fourth-order valence-electron chi connectivity index (χ4n) is 4.07. The van der Waals surface area contributed by atoms with Crippen LogP contribution in [0, 0.1) is 6.92 Å². The Bertz CT molecular complexity index is 1330. The first-order valence-electron chi connectivity index (χ1n) is 10.4. The van der Waals surface area contributed by atoms with Gasteiger partial charge in [0.2, 0.25) is 5.91 Å². The van der Waals surface area contributed by atoms with Gasteiger partial charge in [-0.3, -0.25) is 14.2 Å². The third-order valence-electron chi connectivity index (χ3n) is 5.55. The number of aryl methyl sites for hydroxylation is 1. The van der Waals surface area contributed by atoms with E-state index in [9.17, 15) is 9.59 Å². The molecule has 160 valence electrons. The minimum atomic E-state index is -0.812. The van der Waals surface area contributed by atoms with Gasteiger partial charge in [-0.05, 0) is 49.4 Å². The normalized spacial score (nSPS) is 15.2. The van der Waals surface area contributed by atoms with Crippen LogP contribution in [0.3, 0.4) is 0 Å². The number of carbonyl (C=O) groups is 2. The summed E-state index contributed by atoms with van der Waals surface area (Å²) in [5.41, 5.74) is 4.06. The zero-order chi connectivity index (χ0) is 22.2. The first-order valence-corrected chi connectivity index (χ1v) is 10.4. The number of para-hydroxylation sites is 3. The number of carbonyl (C=O) groups excluding carboxylic acids is 2. The lowest BCUT2D eigenvalue weighted by Gasteiger charge is -2.33. The molecule has 0 saturated heterocycles. The summed E-state index contributed by atoms with van der Waals surface area (Å²) < 4.78 is 7.97. The molecule has 7 heteroatoms. The van der Waals surface area contributed by atoms with Crippen LogP contribution in [0.1, 0.15) is 12.7 Å². The molecular formula is C25H22N4O3. The maximum Gasteiger partial charge on any atom is 0.267 e. The van der Waals surface area contributed by atoms with Crippen LogP contribution in [0.4, 0.5) is 11.4 Å². The van der Waals surface area contributed by atoms with E-state index in [2.05, 4.69) is 14.9 Å². The summed E-state index contributed by atoms with van der Waals surface area (Å²) in [4.78, 5) is 31.3. The van der Waals surface area contributed by atoms with Crippen LogP contribution in [0.25, 0.3) is 16.7 Å². The van der Waals surface area contributed by atoms with Crippen molar-refractivity contribution < 1.29 is 14.3 Å². The van der Waals surface area contributed by atoms with Crippen LogP contribution in [-0.2, 0) is 9.59 Å². The van der Waals surface area contributed by atoms with Crippen molar-refractivity contribution in [2.45, 2.75) is 20.0 Å². The van der Waals surface area contributed by atoms with Gasteiger partial charge in [0.15, 0.2) is 6.10 Å². The largest absolute Gasteiger partial charge is 0.476 e. The van der Waals surface area contributed by atoms with Crippen LogP contribution in [0.2, 0.25) is 0 Å². The summed E-state index contributed by atoms with van der Waals surface area (Å²) in [6, 6.07) is 22.9. The molecule has 0 unspecified atom stereocenters. The summed E-state index contributed by atoms with van der Waals surface area (Å²) in [7, 11) is 0. The lowest BCUT2D eigenvalue weighted by atomic mass is 10.1. The third-order valence-corrected chi connectivity index (χ3v) is 5.55. The molecule has 0 bridgehead atoms. The number of benzene rings is 3. The smallest absolute Gasteiger partial charge is 0.267 e. The van der Waals surface area contributed by atoms with Gasteiger partial charge in [-0.25, -0.2) is 4.98 Å². The lowest BCUT2D eigenvalue weighted by Crippen LogP contribution is -2.48. The fourth-order valence-corrected chi connectivity index (χ4v) is 4.07. The number of nitrogens with one attached hydrogen (secondary N) is 1. The summed E-state index contributed by atoms with van der Waals surface area (Å²) in [5, 5.41) is 2.91. The standard InChI is InChI=1S/C25H22N4O3/c1-16-26-20-14-18(12-13-21(20)29(16)19-8-4-3-5-9-19)27-25(31)24-15-28(17(2)30)22-10-6-7-11-23(22)32-24/h3-14,24H,15H2,1-2H3,(H,27,31)/t24-/m1/s1.